The minimum Gasteiger partial charge on any atom is -0.317 e. The van der Waals surface area contributed by atoms with E-state index in [1.165, 1.54) is 18.9 Å². The molecule has 0 aromatic heterocycles. The maximum atomic E-state index is 13.8. The Hall–Kier alpha value is -0.450. The van der Waals surface area contributed by atoms with Gasteiger partial charge in [0, 0.05) is 22.6 Å². The summed E-state index contributed by atoms with van der Waals surface area (Å²) in [5, 5.41) is 3.41. The van der Waals surface area contributed by atoms with Crippen molar-refractivity contribution in [2.75, 3.05) is 20.1 Å². The van der Waals surface area contributed by atoms with Gasteiger partial charge in [-0.1, -0.05) is 22.0 Å². The summed E-state index contributed by atoms with van der Waals surface area (Å²) in [5.41, 5.74) is 0.761. The zero-order valence-corrected chi connectivity index (χ0v) is 12.3. The van der Waals surface area contributed by atoms with Gasteiger partial charge in [-0.15, -0.1) is 0 Å². The first kappa shape index (κ1) is 14.0. The molecule has 0 amide bonds. The van der Waals surface area contributed by atoms with E-state index in [4.69, 9.17) is 0 Å². The van der Waals surface area contributed by atoms with Crippen LogP contribution in [0.25, 0.3) is 0 Å². The predicted octanol–water partition coefficient (Wildman–Crippen LogP) is 3.16. The molecule has 1 N–H and O–H groups in total. The Kier molecular flexibility index (Phi) is 5.15. The van der Waals surface area contributed by atoms with E-state index in [1.54, 1.807) is 6.07 Å². The van der Waals surface area contributed by atoms with Gasteiger partial charge in [0.2, 0.25) is 0 Å². The van der Waals surface area contributed by atoms with Crippen molar-refractivity contribution in [3.8, 4) is 0 Å². The Morgan fingerprint density at radius 3 is 3.00 bits per heavy atom. The Morgan fingerprint density at radius 1 is 1.39 bits per heavy atom. The first-order valence-electron chi connectivity index (χ1n) is 6.52. The summed E-state index contributed by atoms with van der Waals surface area (Å²) < 4.78 is 14.7. The highest BCUT2D eigenvalue weighted by molar-refractivity contribution is 9.10. The molecule has 0 spiro atoms. The number of nitrogens with zero attached hydrogens (tertiary/aromatic N) is 1. The van der Waals surface area contributed by atoms with Gasteiger partial charge in [-0.2, -0.15) is 0 Å². The lowest BCUT2D eigenvalue weighted by molar-refractivity contribution is 0.213. The molecule has 1 aliphatic rings. The molecule has 2 rings (SSSR count). The second-order valence-corrected chi connectivity index (χ2v) is 5.80. The van der Waals surface area contributed by atoms with Crippen molar-refractivity contribution < 1.29 is 4.39 Å². The van der Waals surface area contributed by atoms with Gasteiger partial charge in [-0.3, -0.25) is 4.90 Å². The molecular weight excluding hydrogens is 295 g/mol. The van der Waals surface area contributed by atoms with Crippen molar-refractivity contribution >= 4 is 15.9 Å². The van der Waals surface area contributed by atoms with Gasteiger partial charge in [0.25, 0.3) is 0 Å². The molecule has 1 atom stereocenters. The van der Waals surface area contributed by atoms with Crippen molar-refractivity contribution in [2.24, 2.45) is 0 Å². The minimum absolute atomic E-state index is 0.122. The molecular formula is C14H20BrFN2. The summed E-state index contributed by atoms with van der Waals surface area (Å²) in [6.07, 6.45) is 3.53. The summed E-state index contributed by atoms with van der Waals surface area (Å²) in [6.45, 7) is 2.83. The Balaban J connectivity index is 2.03. The summed E-state index contributed by atoms with van der Waals surface area (Å²) in [4.78, 5) is 2.27. The molecule has 1 aliphatic heterocycles. The van der Waals surface area contributed by atoms with Crippen LogP contribution in [-0.4, -0.2) is 31.1 Å². The SMILES string of the molecule is CN(Cc1c(F)cccc1Br)C1CCCNCC1. The monoisotopic (exact) mass is 314 g/mol. The third-order valence-electron chi connectivity index (χ3n) is 3.64. The number of halogens is 2. The summed E-state index contributed by atoms with van der Waals surface area (Å²) in [6, 6.07) is 5.72. The van der Waals surface area contributed by atoms with E-state index in [2.05, 4.69) is 33.2 Å². The summed E-state index contributed by atoms with van der Waals surface area (Å²) in [7, 11) is 2.09. The molecule has 1 unspecified atom stereocenters. The first-order chi connectivity index (χ1) is 8.68. The topological polar surface area (TPSA) is 15.3 Å². The van der Waals surface area contributed by atoms with Crippen LogP contribution >= 0.6 is 15.9 Å². The van der Waals surface area contributed by atoms with Crippen molar-refractivity contribution in [3.63, 3.8) is 0 Å². The number of rotatable bonds is 3. The largest absolute Gasteiger partial charge is 0.317 e. The lowest BCUT2D eigenvalue weighted by Gasteiger charge is -2.27. The van der Waals surface area contributed by atoms with Gasteiger partial charge in [-0.25, -0.2) is 4.39 Å². The predicted molar refractivity (Wildman–Crippen MR) is 76.1 cm³/mol. The Labute approximate surface area is 117 Å². The fourth-order valence-electron chi connectivity index (χ4n) is 2.50. The fourth-order valence-corrected chi connectivity index (χ4v) is 2.97. The zero-order valence-electron chi connectivity index (χ0n) is 10.8. The molecule has 1 aromatic rings. The van der Waals surface area contributed by atoms with Crippen molar-refractivity contribution in [2.45, 2.75) is 31.8 Å². The molecule has 1 heterocycles. The minimum atomic E-state index is -0.122. The standard InChI is InChI=1S/C14H20BrFN2/c1-18(11-4-3-8-17-9-7-11)10-12-13(15)5-2-6-14(12)16/h2,5-6,11,17H,3-4,7-10H2,1H3. The van der Waals surface area contributed by atoms with Crippen LogP contribution in [0.2, 0.25) is 0 Å². The second-order valence-electron chi connectivity index (χ2n) is 4.95. The number of hydrogen-bond acceptors (Lipinski definition) is 2. The van der Waals surface area contributed by atoms with E-state index in [-0.39, 0.29) is 5.82 Å². The van der Waals surface area contributed by atoms with Crippen LogP contribution in [-0.2, 0) is 6.54 Å². The van der Waals surface area contributed by atoms with Gasteiger partial charge in [0.1, 0.15) is 5.82 Å². The normalized spacial score (nSPS) is 21.0. The number of nitrogens with one attached hydrogen (secondary N) is 1. The van der Waals surface area contributed by atoms with Crippen molar-refractivity contribution in [3.05, 3.63) is 34.1 Å². The average molecular weight is 315 g/mol. The molecule has 2 nitrogen and oxygen atoms in total. The average Bonchev–Trinajstić information content (AvgIpc) is 2.62. The molecule has 0 saturated carbocycles. The second kappa shape index (κ2) is 6.64. The summed E-state index contributed by atoms with van der Waals surface area (Å²) >= 11 is 3.44. The highest BCUT2D eigenvalue weighted by Crippen LogP contribution is 2.23. The van der Waals surface area contributed by atoms with E-state index in [0.29, 0.717) is 12.6 Å². The van der Waals surface area contributed by atoms with Gasteiger partial charge < -0.3 is 5.32 Å². The molecule has 0 radical (unpaired) electrons. The zero-order chi connectivity index (χ0) is 13.0. The van der Waals surface area contributed by atoms with E-state index >= 15 is 0 Å². The van der Waals surface area contributed by atoms with Crippen LogP contribution < -0.4 is 5.32 Å². The Bertz CT molecular complexity index is 369. The highest BCUT2D eigenvalue weighted by atomic mass is 79.9. The van der Waals surface area contributed by atoms with Crippen molar-refractivity contribution in [1.29, 1.82) is 0 Å². The highest BCUT2D eigenvalue weighted by Gasteiger charge is 2.18. The van der Waals surface area contributed by atoms with Crippen LogP contribution in [0.4, 0.5) is 4.39 Å². The van der Waals surface area contributed by atoms with Gasteiger partial charge in [0.05, 0.1) is 0 Å². The molecule has 1 fully saturated rings. The summed E-state index contributed by atoms with van der Waals surface area (Å²) in [5.74, 6) is -0.122. The molecule has 1 aromatic carbocycles. The van der Waals surface area contributed by atoms with Crippen LogP contribution in [0, 0.1) is 5.82 Å². The Morgan fingerprint density at radius 2 is 2.22 bits per heavy atom. The van der Waals surface area contributed by atoms with Crippen LogP contribution in [0.15, 0.2) is 22.7 Å². The molecule has 0 aliphatic carbocycles. The van der Waals surface area contributed by atoms with E-state index in [0.717, 1.165) is 29.5 Å². The lowest BCUT2D eigenvalue weighted by Crippen LogP contribution is -2.32. The molecule has 0 bridgehead atoms. The third-order valence-corrected chi connectivity index (χ3v) is 4.38. The molecule has 100 valence electrons. The quantitative estimate of drug-likeness (QED) is 0.922. The maximum absolute atomic E-state index is 13.8. The fraction of sp³-hybridized carbons (Fsp3) is 0.571. The third kappa shape index (κ3) is 3.53. The van der Waals surface area contributed by atoms with Crippen LogP contribution in [0.5, 0.6) is 0 Å². The van der Waals surface area contributed by atoms with Crippen LogP contribution in [0.1, 0.15) is 24.8 Å². The van der Waals surface area contributed by atoms with Gasteiger partial charge in [0.15, 0.2) is 0 Å². The molecule has 4 heteroatoms. The lowest BCUT2D eigenvalue weighted by atomic mass is 10.1. The first-order valence-corrected chi connectivity index (χ1v) is 7.31. The van der Waals surface area contributed by atoms with Gasteiger partial charge in [-0.05, 0) is 51.5 Å². The maximum Gasteiger partial charge on any atom is 0.128 e. The smallest absolute Gasteiger partial charge is 0.128 e. The number of benzene rings is 1. The molecule has 18 heavy (non-hydrogen) atoms. The van der Waals surface area contributed by atoms with Crippen molar-refractivity contribution in [1.82, 2.24) is 10.2 Å². The number of hydrogen-bond donors (Lipinski definition) is 1. The van der Waals surface area contributed by atoms with E-state index < -0.39 is 0 Å². The molecule has 1 saturated heterocycles. The van der Waals surface area contributed by atoms with E-state index in [1.807, 2.05) is 6.07 Å². The van der Waals surface area contributed by atoms with Crippen LogP contribution in [0.3, 0.4) is 0 Å². The van der Waals surface area contributed by atoms with Gasteiger partial charge >= 0.3 is 0 Å². The van der Waals surface area contributed by atoms with E-state index in [9.17, 15) is 4.39 Å².